The average molecular weight is 655 g/mol. The number of piperidine rings is 1. The molecule has 1 aliphatic heterocycles. The van der Waals surface area contributed by atoms with Gasteiger partial charge in [0.2, 0.25) is 0 Å². The Balaban J connectivity index is 1.49. The van der Waals surface area contributed by atoms with Gasteiger partial charge in [-0.1, -0.05) is 42.5 Å². The molecule has 3 heterocycles. The largest absolute Gasteiger partial charge is 0.465 e. The highest BCUT2D eigenvalue weighted by Crippen LogP contribution is 2.32. The first-order valence-electron chi connectivity index (χ1n) is 15.9. The molecule has 1 atom stereocenters. The molecule has 12 heteroatoms. The van der Waals surface area contributed by atoms with Crippen LogP contribution >= 0.6 is 0 Å². The van der Waals surface area contributed by atoms with E-state index in [-0.39, 0.29) is 24.0 Å². The number of rotatable bonds is 8. The zero-order valence-electron chi connectivity index (χ0n) is 27.9. The maximum Gasteiger partial charge on any atom is 0.412 e. The SMILES string of the molecule is CC(C)(C)OC(=O)N[C@H]1CCCN(c2ccncc2NC(=O)c2nc3cc(C(C)(C)O)ccc3cc2N(Cc2ccccc2)C(=O)O)C1. The van der Waals surface area contributed by atoms with Crippen molar-refractivity contribution in [3.63, 3.8) is 0 Å². The fourth-order valence-corrected chi connectivity index (χ4v) is 5.66. The number of pyridine rings is 2. The van der Waals surface area contributed by atoms with Crippen LogP contribution in [0.15, 0.2) is 73.1 Å². The van der Waals surface area contributed by atoms with E-state index in [1.54, 1.807) is 50.4 Å². The summed E-state index contributed by atoms with van der Waals surface area (Å²) in [4.78, 5) is 51.4. The fraction of sp³-hybridized carbons (Fsp3) is 0.361. The lowest BCUT2D eigenvalue weighted by molar-refractivity contribution is 0.0499. The summed E-state index contributed by atoms with van der Waals surface area (Å²) in [6, 6.07) is 17.5. The number of nitrogens with one attached hydrogen (secondary N) is 2. The third-order valence-corrected chi connectivity index (χ3v) is 7.95. The molecule has 3 amide bonds. The molecule has 2 aromatic carbocycles. The van der Waals surface area contributed by atoms with E-state index in [4.69, 9.17) is 4.74 Å². The molecule has 2 aromatic heterocycles. The van der Waals surface area contributed by atoms with E-state index in [0.717, 1.165) is 23.3 Å². The van der Waals surface area contributed by atoms with Crippen LogP contribution in [0.1, 0.15) is 69.1 Å². The molecule has 0 saturated carbocycles. The van der Waals surface area contributed by atoms with Gasteiger partial charge in [0.05, 0.1) is 40.9 Å². The van der Waals surface area contributed by atoms with Gasteiger partial charge in [0.1, 0.15) is 5.60 Å². The molecule has 252 valence electrons. The van der Waals surface area contributed by atoms with Gasteiger partial charge >= 0.3 is 12.2 Å². The lowest BCUT2D eigenvalue weighted by Gasteiger charge is -2.36. The van der Waals surface area contributed by atoms with Gasteiger partial charge in [-0.3, -0.25) is 14.7 Å². The van der Waals surface area contributed by atoms with Crippen LogP contribution in [0.5, 0.6) is 0 Å². The molecule has 1 aliphatic rings. The topological polar surface area (TPSA) is 157 Å². The van der Waals surface area contributed by atoms with Gasteiger partial charge in [0.15, 0.2) is 5.69 Å². The van der Waals surface area contributed by atoms with Crippen LogP contribution in [0, 0.1) is 0 Å². The molecule has 0 spiro atoms. The number of fused-ring (bicyclic) bond motifs is 1. The first-order valence-corrected chi connectivity index (χ1v) is 15.9. The second-order valence-electron chi connectivity index (χ2n) is 13.5. The summed E-state index contributed by atoms with van der Waals surface area (Å²) in [5.41, 5.74) is 1.07. The van der Waals surface area contributed by atoms with Crippen LogP contribution in [0.4, 0.5) is 26.7 Å². The number of carboxylic acid groups (broad SMARTS) is 1. The third kappa shape index (κ3) is 8.37. The van der Waals surface area contributed by atoms with Gasteiger partial charge < -0.3 is 30.5 Å². The standard InChI is InChI=1S/C36H42N6O6/c1-35(2,3)48-33(44)38-26-12-9-17-41(22-26)29-15-16-37-20-28(29)40-32(43)31-30(42(34(45)46)21-23-10-7-6-8-11-23)18-24-13-14-25(36(4,5)47)19-27(24)39-31/h6-8,10-11,13-16,18-20,26,47H,9,12,17,21-22H2,1-5H3,(H,38,44)(H,40,43)(H,45,46)/t26-/m0/s1. The van der Waals surface area contributed by atoms with E-state index in [2.05, 4.69) is 25.5 Å². The number of amides is 3. The predicted octanol–water partition coefficient (Wildman–Crippen LogP) is 6.29. The van der Waals surface area contributed by atoms with E-state index < -0.39 is 29.3 Å². The van der Waals surface area contributed by atoms with Crippen molar-refractivity contribution in [1.82, 2.24) is 15.3 Å². The fourth-order valence-electron chi connectivity index (χ4n) is 5.66. The van der Waals surface area contributed by atoms with Crippen molar-refractivity contribution in [3.8, 4) is 0 Å². The number of ether oxygens (including phenoxy) is 1. The van der Waals surface area contributed by atoms with Crippen molar-refractivity contribution in [2.75, 3.05) is 28.2 Å². The Bertz CT molecular complexity index is 1800. The van der Waals surface area contributed by atoms with Gasteiger partial charge in [-0.05, 0) is 76.8 Å². The Hall–Kier alpha value is -5.23. The van der Waals surface area contributed by atoms with Crippen molar-refractivity contribution >= 4 is 46.1 Å². The second-order valence-corrected chi connectivity index (χ2v) is 13.5. The minimum Gasteiger partial charge on any atom is -0.465 e. The molecule has 0 aliphatic carbocycles. The molecule has 4 N–H and O–H groups in total. The Morgan fingerprint density at radius 1 is 1.04 bits per heavy atom. The maximum atomic E-state index is 14.2. The minimum atomic E-state index is -1.25. The van der Waals surface area contributed by atoms with Gasteiger partial charge in [-0.15, -0.1) is 0 Å². The smallest absolute Gasteiger partial charge is 0.412 e. The van der Waals surface area contributed by atoms with Gasteiger partial charge in [0.25, 0.3) is 5.91 Å². The third-order valence-electron chi connectivity index (χ3n) is 7.95. The summed E-state index contributed by atoms with van der Waals surface area (Å²) in [5.74, 6) is -0.630. The molecule has 0 unspecified atom stereocenters. The predicted molar refractivity (Wildman–Crippen MR) is 184 cm³/mol. The average Bonchev–Trinajstić information content (AvgIpc) is 3.02. The Morgan fingerprint density at radius 2 is 1.79 bits per heavy atom. The van der Waals surface area contributed by atoms with Crippen LogP contribution in [0.2, 0.25) is 0 Å². The summed E-state index contributed by atoms with van der Waals surface area (Å²) in [6.07, 6.45) is 2.99. The Labute approximate surface area is 279 Å². The molecule has 1 saturated heterocycles. The van der Waals surface area contributed by atoms with Crippen LogP contribution in [-0.4, -0.2) is 63.0 Å². The molecule has 4 aromatic rings. The van der Waals surface area contributed by atoms with Crippen molar-refractivity contribution in [1.29, 1.82) is 0 Å². The number of alkyl carbamates (subject to hydrolysis) is 1. The highest BCUT2D eigenvalue weighted by atomic mass is 16.6. The zero-order valence-corrected chi connectivity index (χ0v) is 27.9. The van der Waals surface area contributed by atoms with Crippen molar-refractivity contribution in [2.45, 2.75) is 71.2 Å². The lowest BCUT2D eigenvalue weighted by atomic mass is 9.97. The number of hydrogen-bond donors (Lipinski definition) is 4. The van der Waals surface area contributed by atoms with Gasteiger partial charge in [-0.25, -0.2) is 14.6 Å². The van der Waals surface area contributed by atoms with E-state index in [0.29, 0.717) is 40.9 Å². The highest BCUT2D eigenvalue weighted by molar-refractivity contribution is 6.11. The number of nitrogens with zero attached hydrogens (tertiary/aromatic N) is 4. The number of carbonyl (C=O) groups excluding carboxylic acids is 2. The normalized spacial score (nSPS) is 15.1. The molecular formula is C36H42N6O6. The Morgan fingerprint density at radius 3 is 2.48 bits per heavy atom. The first-order chi connectivity index (χ1) is 22.7. The van der Waals surface area contributed by atoms with E-state index in [1.165, 1.54) is 6.20 Å². The van der Waals surface area contributed by atoms with Crippen LogP contribution in [-0.2, 0) is 16.9 Å². The number of benzene rings is 2. The maximum absolute atomic E-state index is 14.2. The summed E-state index contributed by atoms with van der Waals surface area (Å²) in [7, 11) is 0. The molecule has 48 heavy (non-hydrogen) atoms. The first kappa shape index (κ1) is 34.1. The number of anilines is 3. The number of aromatic nitrogens is 2. The lowest BCUT2D eigenvalue weighted by Crippen LogP contribution is -2.49. The summed E-state index contributed by atoms with van der Waals surface area (Å²) in [5, 5.41) is 27.5. The van der Waals surface area contributed by atoms with Crippen LogP contribution < -0.4 is 20.4 Å². The Kier molecular flexibility index (Phi) is 9.85. The number of carbonyl (C=O) groups is 3. The van der Waals surface area contributed by atoms with Crippen LogP contribution in [0.3, 0.4) is 0 Å². The monoisotopic (exact) mass is 654 g/mol. The molecule has 0 bridgehead atoms. The summed E-state index contributed by atoms with van der Waals surface area (Å²) >= 11 is 0. The van der Waals surface area contributed by atoms with E-state index in [9.17, 15) is 24.6 Å². The van der Waals surface area contributed by atoms with Crippen molar-refractivity contribution in [2.24, 2.45) is 0 Å². The number of hydrogen-bond acceptors (Lipinski definition) is 8. The highest BCUT2D eigenvalue weighted by Gasteiger charge is 2.28. The molecule has 0 radical (unpaired) electrons. The molecule has 12 nitrogen and oxygen atoms in total. The molecule has 1 fully saturated rings. The second kappa shape index (κ2) is 13.9. The van der Waals surface area contributed by atoms with Crippen molar-refractivity contribution in [3.05, 3.63) is 89.9 Å². The van der Waals surface area contributed by atoms with E-state index in [1.807, 2.05) is 51.1 Å². The van der Waals surface area contributed by atoms with Crippen LogP contribution in [0.25, 0.3) is 10.9 Å². The minimum absolute atomic E-state index is 0.0106. The van der Waals surface area contributed by atoms with E-state index >= 15 is 0 Å². The quantitative estimate of drug-likeness (QED) is 0.171. The van der Waals surface area contributed by atoms with Crippen molar-refractivity contribution < 1.29 is 29.3 Å². The zero-order chi connectivity index (χ0) is 34.6. The molecular weight excluding hydrogens is 612 g/mol. The molecule has 5 rings (SSSR count). The summed E-state index contributed by atoms with van der Waals surface area (Å²) < 4.78 is 5.45. The number of aliphatic hydroxyl groups is 1. The van der Waals surface area contributed by atoms with Gasteiger partial charge in [0, 0.05) is 30.7 Å². The van der Waals surface area contributed by atoms with Gasteiger partial charge in [-0.2, -0.15) is 0 Å². The summed E-state index contributed by atoms with van der Waals surface area (Å²) in [6.45, 7) is 9.89.